The van der Waals surface area contributed by atoms with Gasteiger partial charge in [-0.15, -0.1) is 0 Å². The van der Waals surface area contributed by atoms with Gasteiger partial charge in [0, 0.05) is 12.5 Å². The fraction of sp³-hybridized carbons (Fsp3) is 0.500. The van der Waals surface area contributed by atoms with Gasteiger partial charge >= 0.3 is 5.97 Å². The van der Waals surface area contributed by atoms with Crippen molar-refractivity contribution >= 4 is 11.9 Å². The van der Waals surface area contributed by atoms with Gasteiger partial charge in [-0.25, -0.2) is 4.79 Å². The summed E-state index contributed by atoms with van der Waals surface area (Å²) in [6, 6.07) is 8.55. The second-order valence-corrected chi connectivity index (χ2v) is 5.16. The molecule has 116 valence electrons. The van der Waals surface area contributed by atoms with E-state index in [4.69, 9.17) is 10.8 Å². The molecular weight excluding hydrogens is 268 g/mol. The van der Waals surface area contributed by atoms with Crippen LogP contribution < -0.4 is 11.1 Å². The summed E-state index contributed by atoms with van der Waals surface area (Å²) in [5.41, 5.74) is 7.00. The maximum Gasteiger partial charge on any atom is 0.326 e. The summed E-state index contributed by atoms with van der Waals surface area (Å²) in [7, 11) is 0. The molecule has 0 aliphatic heterocycles. The van der Waals surface area contributed by atoms with Gasteiger partial charge in [-0.05, 0) is 18.4 Å². The van der Waals surface area contributed by atoms with E-state index in [-0.39, 0.29) is 18.4 Å². The lowest BCUT2D eigenvalue weighted by Gasteiger charge is -2.15. The van der Waals surface area contributed by atoms with Gasteiger partial charge in [-0.1, -0.05) is 50.1 Å². The number of carboxylic acid groups (broad SMARTS) is 1. The molecule has 0 aromatic heterocycles. The van der Waals surface area contributed by atoms with Crippen LogP contribution in [0.3, 0.4) is 0 Å². The summed E-state index contributed by atoms with van der Waals surface area (Å²) in [6.07, 6.45) is 2.86. The van der Waals surface area contributed by atoms with Crippen LogP contribution in [0.4, 0.5) is 0 Å². The zero-order valence-electron chi connectivity index (χ0n) is 12.4. The molecule has 1 unspecified atom stereocenters. The molecule has 1 aromatic rings. The van der Waals surface area contributed by atoms with Gasteiger partial charge < -0.3 is 16.2 Å². The molecule has 1 aromatic carbocycles. The highest BCUT2D eigenvalue weighted by Gasteiger charge is 2.19. The van der Waals surface area contributed by atoms with E-state index in [9.17, 15) is 9.59 Å². The van der Waals surface area contributed by atoms with Gasteiger partial charge in [0.05, 0.1) is 0 Å². The molecule has 0 bridgehead atoms. The molecule has 1 amide bonds. The van der Waals surface area contributed by atoms with Gasteiger partial charge in [-0.2, -0.15) is 0 Å². The first kappa shape index (κ1) is 17.2. The molecule has 21 heavy (non-hydrogen) atoms. The van der Waals surface area contributed by atoms with Crippen molar-refractivity contribution < 1.29 is 14.7 Å². The quantitative estimate of drug-likeness (QED) is 0.650. The first-order valence-electron chi connectivity index (χ1n) is 7.37. The summed E-state index contributed by atoms with van der Waals surface area (Å²) in [5.74, 6) is -1.24. The lowest BCUT2D eigenvalue weighted by atomic mass is 10.0. The third-order valence-corrected chi connectivity index (χ3v) is 3.39. The lowest BCUT2D eigenvalue weighted by Crippen LogP contribution is -2.40. The number of carbonyl (C=O) groups is 2. The number of benzene rings is 1. The lowest BCUT2D eigenvalue weighted by molar-refractivity contribution is -0.142. The van der Waals surface area contributed by atoms with Crippen molar-refractivity contribution in [2.75, 3.05) is 0 Å². The number of hydrogen-bond acceptors (Lipinski definition) is 3. The molecule has 0 aliphatic carbocycles. The van der Waals surface area contributed by atoms with Gasteiger partial charge in [-0.3, -0.25) is 4.79 Å². The van der Waals surface area contributed by atoms with Crippen LogP contribution in [0.15, 0.2) is 30.3 Å². The maximum absolute atomic E-state index is 11.8. The Kier molecular flexibility index (Phi) is 7.46. The Morgan fingerprint density at radius 3 is 2.48 bits per heavy atom. The number of nitrogens with two attached hydrogens (primary N) is 1. The average Bonchev–Trinajstić information content (AvgIpc) is 2.49. The average molecular weight is 292 g/mol. The van der Waals surface area contributed by atoms with Crippen LogP contribution in [0.25, 0.3) is 0 Å². The fourth-order valence-electron chi connectivity index (χ4n) is 2.09. The number of rotatable bonds is 9. The summed E-state index contributed by atoms with van der Waals surface area (Å²) in [6.45, 7) is 1.99. The van der Waals surface area contributed by atoms with E-state index >= 15 is 0 Å². The normalized spacial score (nSPS) is 13.4. The number of aliphatic carboxylic acids is 1. The Hall–Kier alpha value is -1.88. The third kappa shape index (κ3) is 6.40. The molecule has 1 rings (SSSR count). The Morgan fingerprint density at radius 2 is 1.90 bits per heavy atom. The predicted octanol–water partition coefficient (Wildman–Crippen LogP) is 2.23. The molecule has 0 heterocycles. The number of amides is 1. The van der Waals surface area contributed by atoms with Crippen LogP contribution in [0.1, 0.15) is 50.6 Å². The molecule has 0 radical (unpaired) electrons. The highest BCUT2D eigenvalue weighted by molar-refractivity contribution is 5.83. The summed E-state index contributed by atoms with van der Waals surface area (Å²) in [4.78, 5) is 22.9. The molecular formula is C16H24N2O3. The minimum atomic E-state index is -0.982. The van der Waals surface area contributed by atoms with Gasteiger partial charge in [0.1, 0.15) is 6.04 Å². The predicted molar refractivity (Wildman–Crippen MR) is 81.7 cm³/mol. The Bertz CT molecular complexity index is 448. The number of carbonyl (C=O) groups excluding carboxylic acids is 1. The molecule has 5 heteroatoms. The maximum atomic E-state index is 11.8. The first-order chi connectivity index (χ1) is 10.0. The number of hydrogen-bond donors (Lipinski definition) is 3. The summed E-state index contributed by atoms with van der Waals surface area (Å²) < 4.78 is 0. The van der Waals surface area contributed by atoms with Crippen molar-refractivity contribution in [3.8, 4) is 0 Å². The Labute approximate surface area is 125 Å². The van der Waals surface area contributed by atoms with E-state index in [2.05, 4.69) is 5.32 Å². The highest BCUT2D eigenvalue weighted by Crippen LogP contribution is 2.15. The SMILES string of the molecule is CCCC[C@H](NC(=O)CCC(N)c1ccccc1)C(=O)O. The zero-order chi connectivity index (χ0) is 15.7. The van der Waals surface area contributed by atoms with Gasteiger partial charge in [0.2, 0.25) is 5.91 Å². The van der Waals surface area contributed by atoms with Crippen molar-refractivity contribution in [2.45, 2.75) is 51.1 Å². The van der Waals surface area contributed by atoms with Gasteiger partial charge in [0.25, 0.3) is 0 Å². The van der Waals surface area contributed by atoms with E-state index in [1.54, 1.807) is 0 Å². The monoisotopic (exact) mass is 292 g/mol. The van der Waals surface area contributed by atoms with Crippen LogP contribution in [-0.4, -0.2) is 23.0 Å². The minimum Gasteiger partial charge on any atom is -0.480 e. The summed E-state index contributed by atoms with van der Waals surface area (Å²) in [5, 5.41) is 11.6. The number of carboxylic acids is 1. The molecule has 0 spiro atoms. The van der Waals surface area contributed by atoms with Crippen molar-refractivity contribution in [1.82, 2.24) is 5.32 Å². The van der Waals surface area contributed by atoms with E-state index in [0.29, 0.717) is 12.8 Å². The van der Waals surface area contributed by atoms with Crippen molar-refractivity contribution in [1.29, 1.82) is 0 Å². The fourth-order valence-corrected chi connectivity index (χ4v) is 2.09. The van der Waals surface area contributed by atoms with Crippen LogP contribution in [-0.2, 0) is 9.59 Å². The molecule has 0 saturated carbocycles. The Morgan fingerprint density at radius 1 is 1.24 bits per heavy atom. The van der Waals surface area contributed by atoms with Crippen LogP contribution in [0, 0.1) is 0 Å². The van der Waals surface area contributed by atoms with Crippen molar-refractivity contribution in [2.24, 2.45) is 5.73 Å². The smallest absolute Gasteiger partial charge is 0.326 e. The van der Waals surface area contributed by atoms with Crippen LogP contribution in [0.2, 0.25) is 0 Å². The molecule has 2 atom stereocenters. The minimum absolute atomic E-state index is 0.212. The van der Waals surface area contributed by atoms with E-state index < -0.39 is 12.0 Å². The van der Waals surface area contributed by atoms with E-state index in [1.165, 1.54) is 0 Å². The largest absolute Gasteiger partial charge is 0.480 e. The number of unbranched alkanes of at least 4 members (excludes halogenated alkanes) is 1. The zero-order valence-corrected chi connectivity index (χ0v) is 12.4. The first-order valence-corrected chi connectivity index (χ1v) is 7.37. The van der Waals surface area contributed by atoms with Crippen LogP contribution >= 0.6 is 0 Å². The van der Waals surface area contributed by atoms with Crippen molar-refractivity contribution in [3.05, 3.63) is 35.9 Å². The molecule has 5 nitrogen and oxygen atoms in total. The molecule has 0 aliphatic rings. The third-order valence-electron chi connectivity index (χ3n) is 3.39. The second-order valence-electron chi connectivity index (χ2n) is 5.16. The molecule has 0 fully saturated rings. The highest BCUT2D eigenvalue weighted by atomic mass is 16.4. The standard InChI is InChI=1S/C16H24N2O3/c1-2-3-9-14(16(20)21)18-15(19)11-10-13(17)12-7-5-4-6-8-12/h4-8,13-14H,2-3,9-11,17H2,1H3,(H,18,19)(H,20,21)/t13?,14-/m0/s1. The topological polar surface area (TPSA) is 92.4 Å². The van der Waals surface area contributed by atoms with Crippen molar-refractivity contribution in [3.63, 3.8) is 0 Å². The molecule has 4 N–H and O–H groups in total. The van der Waals surface area contributed by atoms with E-state index in [1.807, 2.05) is 37.3 Å². The number of nitrogens with one attached hydrogen (secondary N) is 1. The van der Waals surface area contributed by atoms with Gasteiger partial charge in [0.15, 0.2) is 0 Å². The molecule has 0 saturated heterocycles. The second kappa shape index (κ2) is 9.13. The van der Waals surface area contributed by atoms with E-state index in [0.717, 1.165) is 18.4 Å². The Balaban J connectivity index is 2.40. The summed E-state index contributed by atoms with van der Waals surface area (Å²) >= 11 is 0. The van der Waals surface area contributed by atoms with Crippen LogP contribution in [0.5, 0.6) is 0 Å².